The number of carbonyl (C=O) groups excluding carboxylic acids is 1. The molecule has 1 amide bonds. The van der Waals surface area contributed by atoms with Crippen LogP contribution in [0.25, 0.3) is 0 Å². The van der Waals surface area contributed by atoms with Crippen LogP contribution in [-0.2, 0) is 6.54 Å². The molecule has 4 nitrogen and oxygen atoms in total. The van der Waals surface area contributed by atoms with Crippen LogP contribution in [0.2, 0.25) is 0 Å². The van der Waals surface area contributed by atoms with Crippen LogP contribution < -0.4 is 5.32 Å². The van der Waals surface area contributed by atoms with Crippen molar-refractivity contribution >= 4 is 28.6 Å². The van der Waals surface area contributed by atoms with Crippen LogP contribution in [0.4, 0.5) is 0 Å². The molecule has 6 heteroatoms. The van der Waals surface area contributed by atoms with Gasteiger partial charge in [0.25, 0.3) is 5.91 Å². The normalized spacial score (nSPS) is 12.3. The first-order valence-corrected chi connectivity index (χ1v) is 8.94. The lowest BCUT2D eigenvalue weighted by Gasteiger charge is -2.05. The Bertz CT molecular complexity index is 802. The molecule has 0 fully saturated rings. The maximum atomic E-state index is 12.2. The van der Waals surface area contributed by atoms with Crippen molar-refractivity contribution in [3.8, 4) is 0 Å². The molecule has 2 N–H and O–H groups in total. The van der Waals surface area contributed by atoms with Crippen molar-refractivity contribution in [2.45, 2.75) is 26.5 Å². The summed E-state index contributed by atoms with van der Waals surface area (Å²) in [5, 5.41) is 17.1. The van der Waals surface area contributed by atoms with Crippen LogP contribution in [0.5, 0.6) is 0 Å². The average Bonchev–Trinajstić information content (AvgIpc) is 3.25. The predicted octanol–water partition coefficient (Wildman–Crippen LogP) is 4.03. The maximum Gasteiger partial charge on any atom is 0.255 e. The fourth-order valence-electron chi connectivity index (χ4n) is 2.35. The minimum atomic E-state index is -0.602. The molecule has 3 aromatic rings. The van der Waals surface area contributed by atoms with Gasteiger partial charge in [0.1, 0.15) is 17.6 Å². The van der Waals surface area contributed by atoms with E-state index < -0.39 is 6.10 Å². The number of aliphatic hydroxyl groups excluding tert-OH is 1. The van der Waals surface area contributed by atoms with E-state index in [0.717, 1.165) is 21.1 Å². The van der Waals surface area contributed by atoms with Gasteiger partial charge in [-0.1, -0.05) is 0 Å². The summed E-state index contributed by atoms with van der Waals surface area (Å²) < 4.78 is 5.37. The standard InChI is InChI=1S/C17H17NO3S2/c1-10-7-14(11(2)21-10)17(20)18-8-13-3-4-15(23-13)16(19)12-5-6-22-9-12/h3-7,9,16,19H,8H2,1-2H3,(H,18,20). The Morgan fingerprint density at radius 1 is 1.35 bits per heavy atom. The van der Waals surface area contributed by atoms with Gasteiger partial charge in [0.15, 0.2) is 0 Å². The topological polar surface area (TPSA) is 62.5 Å². The third-order valence-electron chi connectivity index (χ3n) is 3.52. The number of nitrogens with one attached hydrogen (secondary N) is 1. The van der Waals surface area contributed by atoms with Crippen molar-refractivity contribution in [1.82, 2.24) is 5.32 Å². The van der Waals surface area contributed by atoms with Gasteiger partial charge in [0.2, 0.25) is 0 Å². The molecule has 3 rings (SSSR count). The number of aliphatic hydroxyl groups is 1. The van der Waals surface area contributed by atoms with Crippen LogP contribution in [-0.4, -0.2) is 11.0 Å². The molecule has 0 aliphatic heterocycles. The van der Waals surface area contributed by atoms with E-state index in [9.17, 15) is 9.90 Å². The summed E-state index contributed by atoms with van der Waals surface area (Å²) >= 11 is 3.07. The third kappa shape index (κ3) is 3.55. The summed E-state index contributed by atoms with van der Waals surface area (Å²) in [7, 11) is 0. The van der Waals surface area contributed by atoms with E-state index in [0.29, 0.717) is 17.9 Å². The van der Waals surface area contributed by atoms with Crippen molar-refractivity contribution in [1.29, 1.82) is 0 Å². The highest BCUT2D eigenvalue weighted by Gasteiger charge is 2.15. The summed E-state index contributed by atoms with van der Waals surface area (Å²) in [4.78, 5) is 14.0. The van der Waals surface area contributed by atoms with Gasteiger partial charge in [-0.25, -0.2) is 0 Å². The zero-order valence-corrected chi connectivity index (χ0v) is 14.5. The number of amides is 1. The van der Waals surface area contributed by atoms with Crippen LogP contribution >= 0.6 is 22.7 Å². The first kappa shape index (κ1) is 16.0. The molecule has 0 aliphatic rings. The first-order valence-electron chi connectivity index (χ1n) is 7.18. The largest absolute Gasteiger partial charge is 0.466 e. The second kappa shape index (κ2) is 6.70. The average molecular weight is 347 g/mol. The van der Waals surface area contributed by atoms with Crippen molar-refractivity contribution in [2.75, 3.05) is 0 Å². The summed E-state index contributed by atoms with van der Waals surface area (Å²) in [6.07, 6.45) is -0.602. The van der Waals surface area contributed by atoms with Crippen LogP contribution in [0.1, 0.15) is 43.3 Å². The van der Waals surface area contributed by atoms with Crippen molar-refractivity contribution in [2.24, 2.45) is 0 Å². The minimum absolute atomic E-state index is 0.146. The Labute approximate surface area is 142 Å². The molecule has 0 aliphatic carbocycles. The molecule has 3 heterocycles. The van der Waals surface area contributed by atoms with E-state index in [-0.39, 0.29) is 5.91 Å². The van der Waals surface area contributed by atoms with Gasteiger partial charge >= 0.3 is 0 Å². The predicted molar refractivity (Wildman–Crippen MR) is 92.1 cm³/mol. The van der Waals surface area contributed by atoms with Crippen LogP contribution in [0.15, 0.2) is 39.4 Å². The minimum Gasteiger partial charge on any atom is -0.466 e. The Hall–Kier alpha value is -1.89. The Morgan fingerprint density at radius 2 is 2.17 bits per heavy atom. The number of hydrogen-bond acceptors (Lipinski definition) is 5. The summed E-state index contributed by atoms with van der Waals surface area (Å²) in [5.74, 6) is 1.21. The highest BCUT2D eigenvalue weighted by molar-refractivity contribution is 7.12. The molecule has 0 radical (unpaired) electrons. The number of hydrogen-bond donors (Lipinski definition) is 2. The highest BCUT2D eigenvalue weighted by atomic mass is 32.1. The maximum absolute atomic E-state index is 12.2. The van der Waals surface area contributed by atoms with E-state index >= 15 is 0 Å². The van der Waals surface area contributed by atoms with Crippen molar-refractivity contribution in [3.63, 3.8) is 0 Å². The van der Waals surface area contributed by atoms with Gasteiger partial charge in [0.05, 0.1) is 12.1 Å². The Balaban J connectivity index is 1.63. The molecule has 0 aromatic carbocycles. The molecule has 0 bridgehead atoms. The lowest BCUT2D eigenvalue weighted by Crippen LogP contribution is -2.22. The Kier molecular flexibility index (Phi) is 4.66. The quantitative estimate of drug-likeness (QED) is 0.732. The SMILES string of the molecule is Cc1cc(C(=O)NCc2ccc(C(O)c3ccsc3)s2)c(C)o1. The first-order chi connectivity index (χ1) is 11.0. The highest BCUT2D eigenvalue weighted by Crippen LogP contribution is 2.29. The number of rotatable bonds is 5. The zero-order chi connectivity index (χ0) is 16.4. The van der Waals surface area contributed by atoms with Gasteiger partial charge in [0, 0.05) is 9.75 Å². The fraction of sp³-hybridized carbons (Fsp3) is 0.235. The summed E-state index contributed by atoms with van der Waals surface area (Å²) in [6, 6.07) is 7.50. The van der Waals surface area contributed by atoms with E-state index in [1.165, 1.54) is 11.3 Å². The molecule has 3 aromatic heterocycles. The number of furan rings is 1. The molecule has 0 saturated carbocycles. The molecular formula is C17H17NO3S2. The number of aryl methyl sites for hydroxylation is 2. The van der Waals surface area contributed by atoms with E-state index in [4.69, 9.17) is 4.42 Å². The second-order valence-corrected chi connectivity index (χ2v) is 7.25. The third-order valence-corrected chi connectivity index (χ3v) is 5.36. The summed E-state index contributed by atoms with van der Waals surface area (Å²) in [5.41, 5.74) is 1.47. The lowest BCUT2D eigenvalue weighted by molar-refractivity contribution is 0.0950. The zero-order valence-electron chi connectivity index (χ0n) is 12.8. The molecule has 1 atom stereocenters. The smallest absolute Gasteiger partial charge is 0.255 e. The second-order valence-electron chi connectivity index (χ2n) is 5.27. The van der Waals surface area contributed by atoms with Crippen molar-refractivity contribution < 1.29 is 14.3 Å². The van der Waals surface area contributed by atoms with Gasteiger partial charge in [-0.3, -0.25) is 4.79 Å². The van der Waals surface area contributed by atoms with Crippen LogP contribution in [0.3, 0.4) is 0 Å². The monoisotopic (exact) mass is 347 g/mol. The van der Waals surface area contributed by atoms with Gasteiger partial charge < -0.3 is 14.8 Å². The van der Waals surface area contributed by atoms with E-state index in [1.807, 2.05) is 35.9 Å². The fourth-order valence-corrected chi connectivity index (χ4v) is 4.00. The van der Waals surface area contributed by atoms with Gasteiger partial charge in [-0.15, -0.1) is 11.3 Å². The molecule has 120 valence electrons. The van der Waals surface area contributed by atoms with Gasteiger partial charge in [-0.2, -0.15) is 11.3 Å². The molecule has 0 spiro atoms. The van der Waals surface area contributed by atoms with Gasteiger partial charge in [-0.05, 0) is 54.4 Å². The molecular weight excluding hydrogens is 330 g/mol. The van der Waals surface area contributed by atoms with Crippen LogP contribution in [0, 0.1) is 13.8 Å². The molecule has 23 heavy (non-hydrogen) atoms. The molecule has 0 saturated heterocycles. The number of carbonyl (C=O) groups is 1. The summed E-state index contributed by atoms with van der Waals surface area (Å²) in [6.45, 7) is 4.03. The van der Waals surface area contributed by atoms with Crippen molar-refractivity contribution in [3.05, 3.63) is 67.4 Å². The van der Waals surface area contributed by atoms with E-state index in [2.05, 4.69) is 5.32 Å². The molecule has 1 unspecified atom stereocenters. The number of thiophene rings is 2. The lowest BCUT2D eigenvalue weighted by atomic mass is 10.2. The van der Waals surface area contributed by atoms with E-state index in [1.54, 1.807) is 24.3 Å². The Morgan fingerprint density at radius 3 is 2.83 bits per heavy atom.